The predicted molar refractivity (Wildman–Crippen MR) is 85.6 cm³/mol. The fraction of sp³-hybridized carbons (Fsp3) is 0.278. The van der Waals surface area contributed by atoms with Gasteiger partial charge in [-0.15, -0.1) is 0 Å². The molecule has 0 bridgehead atoms. The smallest absolute Gasteiger partial charge is 0.404 e. The van der Waals surface area contributed by atoms with Gasteiger partial charge in [0.2, 0.25) is 0 Å². The van der Waals surface area contributed by atoms with E-state index in [-0.39, 0.29) is 6.10 Å². The van der Waals surface area contributed by atoms with E-state index in [0.29, 0.717) is 30.9 Å². The summed E-state index contributed by atoms with van der Waals surface area (Å²) in [6.07, 6.45) is -0.929. The Morgan fingerprint density at radius 2 is 2.04 bits per heavy atom. The van der Waals surface area contributed by atoms with Gasteiger partial charge in [-0.1, -0.05) is 30.3 Å². The third-order valence-corrected chi connectivity index (χ3v) is 3.75. The first-order valence-corrected chi connectivity index (χ1v) is 7.67. The van der Waals surface area contributed by atoms with Gasteiger partial charge in [0, 0.05) is 6.07 Å². The fourth-order valence-corrected chi connectivity index (χ4v) is 2.54. The highest BCUT2D eigenvalue weighted by Gasteiger charge is 2.34. The van der Waals surface area contributed by atoms with Gasteiger partial charge in [-0.25, -0.2) is 9.18 Å². The van der Waals surface area contributed by atoms with Crippen molar-refractivity contribution < 1.29 is 23.8 Å². The zero-order valence-corrected chi connectivity index (χ0v) is 12.9. The summed E-state index contributed by atoms with van der Waals surface area (Å²) in [5, 5.41) is 11.3. The van der Waals surface area contributed by atoms with Gasteiger partial charge in [0.25, 0.3) is 0 Å². The van der Waals surface area contributed by atoms with Crippen LogP contribution in [-0.2, 0) is 17.8 Å². The number of nitrogens with one attached hydrogen (secondary N) is 1. The minimum Gasteiger partial charge on any atom is -0.489 e. The van der Waals surface area contributed by atoms with Crippen LogP contribution in [0.4, 0.5) is 9.18 Å². The summed E-state index contributed by atoms with van der Waals surface area (Å²) in [7, 11) is 0. The molecule has 6 heteroatoms. The van der Waals surface area contributed by atoms with Crippen LogP contribution in [0.2, 0.25) is 0 Å². The van der Waals surface area contributed by atoms with Crippen molar-refractivity contribution in [2.75, 3.05) is 6.61 Å². The number of ether oxygens (including phenoxy) is 2. The molecule has 5 nitrogen and oxygen atoms in total. The van der Waals surface area contributed by atoms with Gasteiger partial charge < -0.3 is 19.9 Å². The minimum absolute atomic E-state index is 0.155. The molecule has 0 aromatic heterocycles. The number of carbonyl (C=O) groups is 1. The molecule has 2 aromatic rings. The first-order chi connectivity index (χ1) is 11.6. The molecule has 0 saturated carbocycles. The van der Waals surface area contributed by atoms with Crippen LogP contribution in [0.1, 0.15) is 11.1 Å². The number of rotatable bonds is 7. The summed E-state index contributed by atoms with van der Waals surface area (Å²) >= 11 is 0. The summed E-state index contributed by atoms with van der Waals surface area (Å²) in [6.45, 7) is 0.851. The molecular formula is C18H18FNO4. The molecule has 2 N–H and O–H groups in total. The van der Waals surface area contributed by atoms with Crippen LogP contribution in [0.3, 0.4) is 0 Å². The molecule has 24 heavy (non-hydrogen) atoms. The van der Waals surface area contributed by atoms with Gasteiger partial charge in [-0.05, 0) is 29.7 Å². The lowest BCUT2D eigenvalue weighted by molar-refractivity contribution is 0.186. The molecule has 2 unspecified atom stereocenters. The lowest BCUT2D eigenvalue weighted by atomic mass is 10.0. The molecule has 1 aliphatic rings. The van der Waals surface area contributed by atoms with Crippen molar-refractivity contribution in [3.8, 4) is 5.75 Å². The van der Waals surface area contributed by atoms with Crippen LogP contribution in [0.5, 0.6) is 5.75 Å². The van der Waals surface area contributed by atoms with Crippen molar-refractivity contribution in [1.82, 2.24) is 5.32 Å². The minimum atomic E-state index is -1.12. The Bertz CT molecular complexity index is 703. The van der Waals surface area contributed by atoms with Crippen molar-refractivity contribution in [3.05, 3.63) is 65.5 Å². The molecule has 0 aliphatic carbocycles. The summed E-state index contributed by atoms with van der Waals surface area (Å²) < 4.78 is 24.6. The van der Waals surface area contributed by atoms with Gasteiger partial charge >= 0.3 is 6.09 Å². The quantitative estimate of drug-likeness (QED) is 0.765. The largest absolute Gasteiger partial charge is 0.489 e. The molecule has 1 heterocycles. The Labute approximate surface area is 139 Å². The topological polar surface area (TPSA) is 71.1 Å². The summed E-state index contributed by atoms with van der Waals surface area (Å²) in [5.74, 6) is 0.000922. The highest BCUT2D eigenvalue weighted by atomic mass is 19.1. The second kappa shape index (κ2) is 7.31. The molecule has 0 spiro atoms. The lowest BCUT2D eigenvalue weighted by Crippen LogP contribution is -2.39. The number of carboxylic acid groups (broad SMARTS) is 1. The third-order valence-electron chi connectivity index (χ3n) is 3.75. The first-order valence-electron chi connectivity index (χ1n) is 7.67. The molecular weight excluding hydrogens is 313 g/mol. The summed E-state index contributed by atoms with van der Waals surface area (Å²) in [4.78, 5) is 10.9. The van der Waals surface area contributed by atoms with Gasteiger partial charge in [-0.2, -0.15) is 0 Å². The van der Waals surface area contributed by atoms with E-state index in [2.05, 4.69) is 5.32 Å². The van der Waals surface area contributed by atoms with Gasteiger partial charge in [-0.3, -0.25) is 0 Å². The van der Waals surface area contributed by atoms with E-state index < -0.39 is 18.0 Å². The molecule has 1 aliphatic heterocycles. The van der Waals surface area contributed by atoms with Crippen molar-refractivity contribution >= 4 is 6.09 Å². The Balaban J connectivity index is 1.67. The van der Waals surface area contributed by atoms with Crippen molar-refractivity contribution in [1.29, 1.82) is 0 Å². The third kappa shape index (κ3) is 4.70. The van der Waals surface area contributed by atoms with Crippen molar-refractivity contribution in [3.63, 3.8) is 0 Å². The zero-order valence-electron chi connectivity index (χ0n) is 12.9. The number of amides is 1. The van der Waals surface area contributed by atoms with E-state index in [0.717, 1.165) is 5.56 Å². The summed E-state index contributed by atoms with van der Waals surface area (Å²) in [5.41, 5.74) is 1.65. The molecule has 1 amide bonds. The van der Waals surface area contributed by atoms with Gasteiger partial charge in [0.05, 0.1) is 12.6 Å². The molecule has 1 fully saturated rings. The van der Waals surface area contributed by atoms with Crippen LogP contribution in [0, 0.1) is 5.82 Å². The van der Waals surface area contributed by atoms with Crippen LogP contribution in [-0.4, -0.2) is 30.0 Å². The molecule has 2 aromatic carbocycles. The second-order valence-electron chi connectivity index (χ2n) is 5.70. The van der Waals surface area contributed by atoms with Crippen LogP contribution in [0.25, 0.3) is 0 Å². The molecule has 1 saturated heterocycles. The van der Waals surface area contributed by atoms with Crippen molar-refractivity contribution in [2.24, 2.45) is 0 Å². The summed E-state index contributed by atoms with van der Waals surface area (Å²) in [6, 6.07) is 13.6. The monoisotopic (exact) mass is 331 g/mol. The SMILES string of the molecule is O=C(O)NC(Cc1cc(F)cc(OCc2ccccc2)c1)C1CO1. The standard InChI is InChI=1S/C18H18FNO4/c19-14-6-13(8-16(17-11-24-17)20-18(21)22)7-15(9-14)23-10-12-4-2-1-3-5-12/h1-7,9,16-17,20H,8,10-11H2,(H,21,22). The van der Waals surface area contributed by atoms with Crippen molar-refractivity contribution in [2.45, 2.75) is 25.2 Å². The maximum absolute atomic E-state index is 13.8. The van der Waals surface area contributed by atoms with E-state index in [1.54, 1.807) is 6.07 Å². The van der Waals surface area contributed by atoms with Gasteiger partial charge in [0.1, 0.15) is 24.3 Å². The maximum atomic E-state index is 13.8. The molecule has 0 radical (unpaired) electrons. The van der Waals surface area contributed by atoms with Crippen LogP contribution >= 0.6 is 0 Å². The Morgan fingerprint density at radius 1 is 1.29 bits per heavy atom. The molecule has 3 rings (SSSR count). The zero-order chi connectivity index (χ0) is 16.9. The maximum Gasteiger partial charge on any atom is 0.404 e. The highest BCUT2D eigenvalue weighted by Crippen LogP contribution is 2.22. The van der Waals surface area contributed by atoms with E-state index in [1.807, 2.05) is 30.3 Å². The average Bonchev–Trinajstić information content (AvgIpc) is 3.37. The normalized spacial score (nSPS) is 17.1. The predicted octanol–water partition coefficient (Wildman–Crippen LogP) is 2.98. The number of epoxide rings is 1. The Hall–Kier alpha value is -2.60. The molecule has 126 valence electrons. The number of halogens is 1. The number of benzene rings is 2. The van der Waals surface area contributed by atoms with Crippen LogP contribution < -0.4 is 10.1 Å². The van der Waals surface area contributed by atoms with E-state index in [4.69, 9.17) is 14.6 Å². The number of hydrogen-bond acceptors (Lipinski definition) is 3. The second-order valence-corrected chi connectivity index (χ2v) is 5.70. The first kappa shape index (κ1) is 16.3. The van der Waals surface area contributed by atoms with E-state index >= 15 is 0 Å². The fourth-order valence-electron chi connectivity index (χ4n) is 2.54. The average molecular weight is 331 g/mol. The Morgan fingerprint density at radius 3 is 2.71 bits per heavy atom. The Kier molecular flexibility index (Phi) is 4.96. The van der Waals surface area contributed by atoms with Gasteiger partial charge in [0.15, 0.2) is 0 Å². The van der Waals surface area contributed by atoms with E-state index in [1.165, 1.54) is 12.1 Å². The highest BCUT2D eigenvalue weighted by molar-refractivity contribution is 5.65. The number of hydrogen-bond donors (Lipinski definition) is 2. The lowest BCUT2D eigenvalue weighted by Gasteiger charge is -2.15. The van der Waals surface area contributed by atoms with Crippen LogP contribution in [0.15, 0.2) is 48.5 Å². The van der Waals surface area contributed by atoms with E-state index in [9.17, 15) is 9.18 Å². The molecule has 2 atom stereocenters.